The number of aliphatic carboxylic acids is 1. The number of carbonyl (C=O) groups excluding carboxylic acids is 3. The molecule has 0 amide bonds. The number of ether oxygens (including phenoxy) is 5. The summed E-state index contributed by atoms with van der Waals surface area (Å²) < 4.78 is 28.6. The first-order valence-electron chi connectivity index (χ1n) is 34.9. The average molecular weight is 1220 g/mol. The molecule has 1 fully saturated rings. The van der Waals surface area contributed by atoms with Crippen molar-refractivity contribution in [1.82, 2.24) is 0 Å². The minimum absolute atomic E-state index is 0.0380. The number of carboxylic acids is 1. The standard InChI is InChI=1S/C75H124O12/c1-4-7-10-13-16-19-22-25-28-31-34-37-40-43-46-49-52-55-58-61-67(76)83-64-66(85-68(77)62-59-56-53-50-47-44-41-38-35-32-29-26-23-20-17-14-11-8-5-2)65-84-75-73(71(80)70(79)72(87-75)74(81)82)86-69(78)63-60-57-54-51-48-45-42-39-36-33-30-27-24-21-18-15-12-9-6-3/h7,10,16,18-19,21,25-30,34,36-37,39,43,46,66,70-73,75,79-80H,4-6,8-9,11-15,17,20,22-24,31-33,35,38,40-42,44-45,47-65H2,1-3H3,(H,81,82)/b10-7-,19-16-,21-18-,28-25-,29-26-,30-27-,37-34-,39-36-,46-43-. The summed E-state index contributed by atoms with van der Waals surface area (Å²) in [6.45, 7) is 5.85. The molecule has 0 bridgehead atoms. The van der Waals surface area contributed by atoms with Gasteiger partial charge in [0.2, 0.25) is 0 Å². The average Bonchev–Trinajstić information content (AvgIpc) is 2.56. The summed E-state index contributed by atoms with van der Waals surface area (Å²) in [5, 5.41) is 31.7. The highest BCUT2D eigenvalue weighted by molar-refractivity contribution is 5.74. The molecule has 0 aromatic carbocycles. The van der Waals surface area contributed by atoms with Gasteiger partial charge in [-0.05, 0) is 128 Å². The molecule has 12 heteroatoms. The molecule has 1 saturated heterocycles. The number of esters is 3. The molecule has 496 valence electrons. The van der Waals surface area contributed by atoms with E-state index in [-0.39, 0.29) is 25.9 Å². The van der Waals surface area contributed by atoms with Crippen molar-refractivity contribution in [2.75, 3.05) is 13.2 Å². The minimum Gasteiger partial charge on any atom is -0.479 e. The second-order valence-corrected chi connectivity index (χ2v) is 23.4. The molecule has 1 aliphatic heterocycles. The van der Waals surface area contributed by atoms with E-state index in [9.17, 15) is 34.5 Å². The molecule has 0 aromatic heterocycles. The third kappa shape index (κ3) is 50.9. The lowest BCUT2D eigenvalue weighted by atomic mass is 9.98. The van der Waals surface area contributed by atoms with Crippen molar-refractivity contribution >= 4 is 23.9 Å². The Morgan fingerprint density at radius 1 is 0.391 bits per heavy atom. The molecule has 12 nitrogen and oxygen atoms in total. The predicted molar refractivity (Wildman–Crippen MR) is 358 cm³/mol. The lowest BCUT2D eigenvalue weighted by Crippen LogP contribution is -2.61. The summed E-state index contributed by atoms with van der Waals surface area (Å²) in [4.78, 5) is 51.5. The van der Waals surface area contributed by atoms with Gasteiger partial charge in [-0.15, -0.1) is 0 Å². The van der Waals surface area contributed by atoms with Crippen LogP contribution in [0.25, 0.3) is 0 Å². The normalized spacial score (nSPS) is 18.0. The molecule has 0 saturated carbocycles. The van der Waals surface area contributed by atoms with E-state index in [4.69, 9.17) is 23.7 Å². The van der Waals surface area contributed by atoms with Gasteiger partial charge in [0.25, 0.3) is 0 Å². The minimum atomic E-state index is -1.92. The van der Waals surface area contributed by atoms with Crippen LogP contribution in [-0.4, -0.2) is 89.2 Å². The first kappa shape index (κ1) is 80.4. The molecule has 3 N–H and O–H groups in total. The maximum Gasteiger partial charge on any atom is 0.335 e. The smallest absolute Gasteiger partial charge is 0.335 e. The zero-order valence-corrected chi connectivity index (χ0v) is 55.0. The van der Waals surface area contributed by atoms with Gasteiger partial charge in [0.1, 0.15) is 18.8 Å². The molecular weight excluding hydrogens is 1090 g/mol. The molecule has 1 heterocycles. The number of allylic oxidation sites excluding steroid dienone is 18. The Morgan fingerprint density at radius 3 is 1.15 bits per heavy atom. The summed E-state index contributed by atoms with van der Waals surface area (Å²) in [7, 11) is 0. The second-order valence-electron chi connectivity index (χ2n) is 23.4. The van der Waals surface area contributed by atoms with Crippen LogP contribution in [0.15, 0.2) is 109 Å². The molecule has 0 aromatic rings. The molecule has 6 atom stereocenters. The zero-order chi connectivity index (χ0) is 63.1. The number of hydrogen-bond donors (Lipinski definition) is 3. The first-order chi connectivity index (χ1) is 42.6. The number of aliphatic hydroxyl groups is 2. The van der Waals surface area contributed by atoms with Crippen LogP contribution < -0.4 is 0 Å². The fourth-order valence-corrected chi connectivity index (χ4v) is 9.99. The molecular formula is C75H124O12. The van der Waals surface area contributed by atoms with Gasteiger partial charge in [0.05, 0.1) is 6.61 Å². The van der Waals surface area contributed by atoms with Crippen LogP contribution in [-0.2, 0) is 42.9 Å². The Hall–Kier alpha value is -4.62. The van der Waals surface area contributed by atoms with Gasteiger partial charge in [-0.1, -0.05) is 252 Å². The molecule has 6 unspecified atom stereocenters. The number of unbranched alkanes of at least 4 members (excludes halogenated alkanes) is 27. The number of carbonyl (C=O) groups is 4. The van der Waals surface area contributed by atoms with E-state index >= 15 is 0 Å². The van der Waals surface area contributed by atoms with Gasteiger partial charge in [-0.3, -0.25) is 14.4 Å². The van der Waals surface area contributed by atoms with Crippen LogP contribution in [0.3, 0.4) is 0 Å². The highest BCUT2D eigenvalue weighted by atomic mass is 16.7. The third-order valence-electron chi connectivity index (χ3n) is 15.3. The van der Waals surface area contributed by atoms with Gasteiger partial charge < -0.3 is 39.0 Å². The van der Waals surface area contributed by atoms with E-state index in [1.165, 1.54) is 89.9 Å². The van der Waals surface area contributed by atoms with Crippen molar-refractivity contribution in [2.24, 2.45) is 0 Å². The lowest BCUT2D eigenvalue weighted by Gasteiger charge is -2.40. The van der Waals surface area contributed by atoms with Crippen molar-refractivity contribution in [1.29, 1.82) is 0 Å². The van der Waals surface area contributed by atoms with E-state index in [1.54, 1.807) is 0 Å². The van der Waals surface area contributed by atoms with E-state index in [2.05, 4.69) is 130 Å². The molecule has 1 aliphatic rings. The largest absolute Gasteiger partial charge is 0.479 e. The zero-order valence-electron chi connectivity index (χ0n) is 55.0. The summed E-state index contributed by atoms with van der Waals surface area (Å²) in [5.74, 6) is -3.18. The fraction of sp³-hybridized carbons (Fsp3) is 0.707. The van der Waals surface area contributed by atoms with Crippen LogP contribution in [0, 0.1) is 0 Å². The predicted octanol–water partition coefficient (Wildman–Crippen LogP) is 19.4. The van der Waals surface area contributed by atoms with E-state index in [1.807, 2.05) is 0 Å². The van der Waals surface area contributed by atoms with Gasteiger partial charge >= 0.3 is 23.9 Å². The number of carboxylic acid groups (broad SMARTS) is 1. The van der Waals surface area contributed by atoms with Crippen molar-refractivity contribution in [3.05, 3.63) is 109 Å². The van der Waals surface area contributed by atoms with Gasteiger partial charge in [0, 0.05) is 19.3 Å². The highest BCUT2D eigenvalue weighted by Gasteiger charge is 2.50. The Morgan fingerprint density at radius 2 is 0.724 bits per heavy atom. The summed E-state index contributed by atoms with van der Waals surface area (Å²) in [6.07, 6.45) is 71.8. The Kier molecular flexibility index (Phi) is 56.9. The Labute approximate surface area is 529 Å². The Bertz CT molecular complexity index is 1930. The second kappa shape index (κ2) is 61.6. The topological polar surface area (TPSA) is 175 Å². The SMILES string of the molecule is CC/C=C\C/C=C\C/C=C\C/C=C\C/C=C\CCCCCC(=O)OCC(COC1OC(C(=O)O)C(O)C(O)C1OC(=O)CCCCCCCC/C=C\C/C=C\C/C=C\CCCCC)OC(=O)CCCCCCCCCCC/C=C\CCCCCCCC. The quantitative estimate of drug-likeness (QED) is 0.0228. The van der Waals surface area contributed by atoms with E-state index < -0.39 is 67.3 Å². The van der Waals surface area contributed by atoms with Gasteiger partial charge in [-0.2, -0.15) is 0 Å². The highest BCUT2D eigenvalue weighted by Crippen LogP contribution is 2.27. The van der Waals surface area contributed by atoms with Crippen molar-refractivity contribution in [3.8, 4) is 0 Å². The lowest BCUT2D eigenvalue weighted by molar-refractivity contribution is -0.301. The molecule has 87 heavy (non-hydrogen) atoms. The third-order valence-corrected chi connectivity index (χ3v) is 15.3. The maximum absolute atomic E-state index is 13.2. The summed E-state index contributed by atoms with van der Waals surface area (Å²) in [5.41, 5.74) is 0. The number of hydrogen-bond acceptors (Lipinski definition) is 11. The summed E-state index contributed by atoms with van der Waals surface area (Å²) >= 11 is 0. The van der Waals surface area contributed by atoms with E-state index in [0.717, 1.165) is 141 Å². The van der Waals surface area contributed by atoms with Gasteiger partial charge in [0.15, 0.2) is 24.6 Å². The fourth-order valence-electron chi connectivity index (χ4n) is 9.99. The molecule has 1 rings (SSSR count). The maximum atomic E-state index is 13.2. The monoisotopic (exact) mass is 1220 g/mol. The van der Waals surface area contributed by atoms with Crippen molar-refractivity contribution < 1.29 is 58.2 Å². The number of rotatable bonds is 59. The van der Waals surface area contributed by atoms with Crippen LogP contribution in [0.4, 0.5) is 0 Å². The first-order valence-corrected chi connectivity index (χ1v) is 34.9. The molecule has 0 spiro atoms. The van der Waals surface area contributed by atoms with Crippen molar-refractivity contribution in [3.63, 3.8) is 0 Å². The van der Waals surface area contributed by atoms with Crippen molar-refractivity contribution in [2.45, 2.75) is 327 Å². The van der Waals surface area contributed by atoms with Crippen LogP contribution in [0.1, 0.15) is 290 Å². The molecule has 0 aliphatic carbocycles. The summed E-state index contributed by atoms with van der Waals surface area (Å²) in [6, 6.07) is 0. The van der Waals surface area contributed by atoms with Crippen LogP contribution in [0.5, 0.6) is 0 Å². The Balaban J connectivity index is 2.68. The van der Waals surface area contributed by atoms with Crippen LogP contribution in [0.2, 0.25) is 0 Å². The van der Waals surface area contributed by atoms with E-state index in [0.29, 0.717) is 19.3 Å². The van der Waals surface area contributed by atoms with Gasteiger partial charge in [-0.25, -0.2) is 4.79 Å². The van der Waals surface area contributed by atoms with Crippen LogP contribution >= 0.6 is 0 Å². The number of aliphatic hydroxyl groups excluding tert-OH is 2. The molecule has 0 radical (unpaired) electrons.